The zero-order valence-electron chi connectivity index (χ0n) is 12.0. The van der Waals surface area contributed by atoms with Crippen LogP contribution in [0, 0.1) is 0 Å². The fraction of sp³-hybridized carbons (Fsp3) is 0. The Labute approximate surface area is 147 Å². The Kier molecular flexibility index (Phi) is 4.79. The molecule has 114 valence electrons. The van der Waals surface area contributed by atoms with Gasteiger partial charge in [-0.2, -0.15) is 0 Å². The highest BCUT2D eigenvalue weighted by molar-refractivity contribution is 9.10. The summed E-state index contributed by atoms with van der Waals surface area (Å²) in [6.07, 6.45) is 3.16. The first-order chi connectivity index (χ1) is 11.1. The van der Waals surface area contributed by atoms with Gasteiger partial charge in [0.15, 0.2) is 5.78 Å². The molecule has 2 aromatic carbocycles. The van der Waals surface area contributed by atoms with Gasteiger partial charge in [-0.15, -0.1) is 0 Å². The number of benzene rings is 2. The minimum absolute atomic E-state index is 0.0968. The zero-order valence-corrected chi connectivity index (χ0v) is 14.3. The van der Waals surface area contributed by atoms with Gasteiger partial charge in [-0.3, -0.25) is 4.79 Å². The molecule has 0 saturated heterocycles. The van der Waals surface area contributed by atoms with Crippen molar-refractivity contribution >= 4 is 39.4 Å². The van der Waals surface area contributed by atoms with E-state index in [-0.39, 0.29) is 5.78 Å². The molecule has 0 spiro atoms. The summed E-state index contributed by atoms with van der Waals surface area (Å²) in [7, 11) is 0. The van der Waals surface area contributed by atoms with Crippen LogP contribution in [-0.2, 0) is 0 Å². The van der Waals surface area contributed by atoms with Gasteiger partial charge in [0.1, 0.15) is 11.5 Å². The fourth-order valence-corrected chi connectivity index (χ4v) is 2.72. The van der Waals surface area contributed by atoms with Crippen LogP contribution in [0.15, 0.2) is 75.6 Å². The highest BCUT2D eigenvalue weighted by Crippen LogP contribution is 2.29. The SMILES string of the molecule is O=C(/C=C/c1ccc(-c2ccccc2Br)o1)c1ccc(Cl)cc1. The molecule has 0 N–H and O–H groups in total. The topological polar surface area (TPSA) is 30.2 Å². The minimum atomic E-state index is -0.0968. The zero-order chi connectivity index (χ0) is 16.2. The average Bonchev–Trinajstić information content (AvgIpc) is 3.02. The Bertz CT molecular complexity index is 863. The van der Waals surface area contributed by atoms with Crippen molar-refractivity contribution < 1.29 is 9.21 Å². The van der Waals surface area contributed by atoms with Gasteiger partial charge in [0.2, 0.25) is 0 Å². The predicted molar refractivity (Wildman–Crippen MR) is 96.7 cm³/mol. The Hall–Kier alpha value is -2.10. The molecule has 0 saturated carbocycles. The first-order valence-electron chi connectivity index (χ1n) is 6.96. The summed E-state index contributed by atoms with van der Waals surface area (Å²) in [4.78, 5) is 12.1. The lowest BCUT2D eigenvalue weighted by Crippen LogP contribution is -1.92. The Morgan fingerprint density at radius 2 is 1.74 bits per heavy atom. The molecule has 0 fully saturated rings. The van der Waals surface area contributed by atoms with E-state index in [2.05, 4.69) is 15.9 Å². The second kappa shape index (κ2) is 6.99. The lowest BCUT2D eigenvalue weighted by atomic mass is 10.1. The monoisotopic (exact) mass is 386 g/mol. The van der Waals surface area contributed by atoms with Crippen molar-refractivity contribution in [1.29, 1.82) is 0 Å². The minimum Gasteiger partial charge on any atom is -0.457 e. The van der Waals surface area contributed by atoms with Crippen molar-refractivity contribution in [1.82, 2.24) is 0 Å². The number of carbonyl (C=O) groups excluding carboxylic acids is 1. The number of ketones is 1. The highest BCUT2D eigenvalue weighted by atomic mass is 79.9. The van der Waals surface area contributed by atoms with E-state index in [0.29, 0.717) is 16.3 Å². The molecular formula is C19H12BrClO2. The van der Waals surface area contributed by atoms with Crippen molar-refractivity contribution in [2.45, 2.75) is 0 Å². The van der Waals surface area contributed by atoms with Crippen LogP contribution in [0.1, 0.15) is 16.1 Å². The van der Waals surface area contributed by atoms with Crippen molar-refractivity contribution in [3.05, 3.63) is 87.6 Å². The van der Waals surface area contributed by atoms with Crippen LogP contribution < -0.4 is 0 Å². The first-order valence-corrected chi connectivity index (χ1v) is 8.13. The molecule has 4 heteroatoms. The van der Waals surface area contributed by atoms with Crippen LogP contribution >= 0.6 is 27.5 Å². The van der Waals surface area contributed by atoms with Gasteiger partial charge < -0.3 is 4.42 Å². The van der Waals surface area contributed by atoms with E-state index in [1.165, 1.54) is 6.08 Å². The third-order valence-corrected chi connectivity index (χ3v) is 4.24. The summed E-state index contributed by atoms with van der Waals surface area (Å²) in [5.74, 6) is 1.27. The molecule has 1 heterocycles. The molecule has 0 radical (unpaired) electrons. The van der Waals surface area contributed by atoms with Crippen molar-refractivity contribution in [2.75, 3.05) is 0 Å². The molecular weight excluding hydrogens is 376 g/mol. The largest absolute Gasteiger partial charge is 0.457 e. The second-order valence-electron chi connectivity index (χ2n) is 4.89. The van der Waals surface area contributed by atoms with Crippen LogP contribution in [0.5, 0.6) is 0 Å². The molecule has 0 aliphatic carbocycles. The third kappa shape index (κ3) is 3.81. The van der Waals surface area contributed by atoms with E-state index in [1.807, 2.05) is 36.4 Å². The number of allylic oxidation sites excluding steroid dienone is 1. The van der Waals surface area contributed by atoms with Gasteiger partial charge in [-0.1, -0.05) is 45.7 Å². The number of halogens is 2. The van der Waals surface area contributed by atoms with Crippen molar-refractivity contribution in [2.24, 2.45) is 0 Å². The average molecular weight is 388 g/mol. The predicted octanol–water partition coefficient (Wildman–Crippen LogP) is 6.26. The summed E-state index contributed by atoms with van der Waals surface area (Å²) < 4.78 is 6.73. The summed E-state index contributed by atoms with van der Waals surface area (Å²) >= 11 is 9.31. The Morgan fingerprint density at radius 3 is 2.48 bits per heavy atom. The second-order valence-corrected chi connectivity index (χ2v) is 6.18. The fourth-order valence-electron chi connectivity index (χ4n) is 2.12. The number of furan rings is 1. The van der Waals surface area contributed by atoms with E-state index >= 15 is 0 Å². The molecule has 0 unspecified atom stereocenters. The van der Waals surface area contributed by atoms with Crippen LogP contribution in [0.4, 0.5) is 0 Å². The lowest BCUT2D eigenvalue weighted by Gasteiger charge is -1.99. The first kappa shape index (κ1) is 15.8. The molecule has 0 aliphatic heterocycles. The standard InChI is InChI=1S/C19H12BrClO2/c20-17-4-2-1-3-16(17)19-12-10-15(23-19)9-11-18(22)13-5-7-14(21)8-6-13/h1-12H/b11-9+. The maximum Gasteiger partial charge on any atom is 0.185 e. The van der Waals surface area contributed by atoms with Gasteiger partial charge >= 0.3 is 0 Å². The van der Waals surface area contributed by atoms with Gasteiger partial charge in [0.05, 0.1) is 0 Å². The number of hydrogen-bond donors (Lipinski definition) is 0. The molecule has 0 amide bonds. The van der Waals surface area contributed by atoms with Crippen LogP contribution in [-0.4, -0.2) is 5.78 Å². The van der Waals surface area contributed by atoms with Gasteiger partial charge in [-0.25, -0.2) is 0 Å². The van der Waals surface area contributed by atoms with E-state index in [1.54, 1.807) is 30.3 Å². The van der Waals surface area contributed by atoms with Crippen LogP contribution in [0.2, 0.25) is 5.02 Å². The van der Waals surface area contributed by atoms with E-state index < -0.39 is 0 Å². The maximum absolute atomic E-state index is 12.1. The molecule has 2 nitrogen and oxygen atoms in total. The van der Waals surface area contributed by atoms with E-state index in [0.717, 1.165) is 15.8 Å². The maximum atomic E-state index is 12.1. The molecule has 0 aliphatic rings. The lowest BCUT2D eigenvalue weighted by molar-refractivity contribution is 0.104. The normalized spacial score (nSPS) is 11.0. The number of hydrogen-bond acceptors (Lipinski definition) is 2. The molecule has 1 aromatic heterocycles. The van der Waals surface area contributed by atoms with Crippen molar-refractivity contribution in [3.63, 3.8) is 0 Å². The highest BCUT2D eigenvalue weighted by Gasteiger charge is 2.07. The smallest absolute Gasteiger partial charge is 0.185 e. The van der Waals surface area contributed by atoms with Gasteiger partial charge in [0.25, 0.3) is 0 Å². The van der Waals surface area contributed by atoms with Crippen LogP contribution in [0.3, 0.4) is 0 Å². The van der Waals surface area contributed by atoms with E-state index in [9.17, 15) is 4.79 Å². The molecule has 0 bridgehead atoms. The molecule has 0 atom stereocenters. The number of carbonyl (C=O) groups is 1. The summed E-state index contributed by atoms with van der Waals surface area (Å²) in [5.41, 5.74) is 1.56. The summed E-state index contributed by atoms with van der Waals surface area (Å²) in [5, 5.41) is 0.606. The molecule has 3 aromatic rings. The molecule has 23 heavy (non-hydrogen) atoms. The summed E-state index contributed by atoms with van der Waals surface area (Å²) in [6, 6.07) is 18.3. The third-order valence-electron chi connectivity index (χ3n) is 3.29. The summed E-state index contributed by atoms with van der Waals surface area (Å²) in [6.45, 7) is 0. The Morgan fingerprint density at radius 1 is 1.00 bits per heavy atom. The quantitative estimate of drug-likeness (QED) is 0.391. The van der Waals surface area contributed by atoms with Gasteiger partial charge in [-0.05, 0) is 54.6 Å². The number of rotatable bonds is 4. The molecule has 3 rings (SSSR count). The Balaban J connectivity index is 1.77. The van der Waals surface area contributed by atoms with Crippen LogP contribution in [0.25, 0.3) is 17.4 Å². The van der Waals surface area contributed by atoms with Gasteiger partial charge in [0, 0.05) is 20.6 Å². The van der Waals surface area contributed by atoms with Crippen molar-refractivity contribution in [3.8, 4) is 11.3 Å². The van der Waals surface area contributed by atoms with E-state index in [4.69, 9.17) is 16.0 Å².